The first kappa shape index (κ1) is 18.6. The predicted molar refractivity (Wildman–Crippen MR) is 92.8 cm³/mol. The van der Waals surface area contributed by atoms with Gasteiger partial charge < -0.3 is 14.7 Å². The molecule has 0 spiro atoms. The van der Waals surface area contributed by atoms with Gasteiger partial charge in [0.2, 0.25) is 0 Å². The Morgan fingerprint density at radius 1 is 1.21 bits per heavy atom. The van der Waals surface area contributed by atoms with Crippen LogP contribution in [0.4, 0.5) is 19.0 Å². The monoisotopic (exact) mass is 394 g/mol. The molecule has 0 bridgehead atoms. The van der Waals surface area contributed by atoms with Crippen LogP contribution >= 0.6 is 0 Å². The summed E-state index contributed by atoms with van der Waals surface area (Å²) in [5.74, 6) is 0.979. The maximum absolute atomic E-state index is 12.7. The summed E-state index contributed by atoms with van der Waals surface area (Å²) < 4.78 is 45.0. The van der Waals surface area contributed by atoms with Crippen molar-refractivity contribution in [3.05, 3.63) is 36.5 Å². The second-order valence-electron chi connectivity index (χ2n) is 6.40. The van der Waals surface area contributed by atoms with Crippen LogP contribution in [0.3, 0.4) is 0 Å². The van der Waals surface area contributed by atoms with Crippen LogP contribution in [0.25, 0.3) is 17.2 Å². The van der Waals surface area contributed by atoms with Gasteiger partial charge in [0.25, 0.3) is 0 Å². The number of anilines is 1. The number of fused-ring (bicyclic) bond motifs is 1. The van der Waals surface area contributed by atoms with Crippen molar-refractivity contribution < 1.29 is 23.0 Å². The Balaban J connectivity index is 1.67. The number of halogens is 3. The third kappa shape index (κ3) is 3.90. The molecule has 1 N–H and O–H groups in total. The molecule has 3 aromatic rings. The molecule has 11 heteroatoms. The first-order valence-corrected chi connectivity index (χ1v) is 8.62. The van der Waals surface area contributed by atoms with Crippen LogP contribution in [-0.4, -0.2) is 68.0 Å². The average molecular weight is 394 g/mol. The van der Waals surface area contributed by atoms with E-state index >= 15 is 0 Å². The maximum atomic E-state index is 12.7. The van der Waals surface area contributed by atoms with Gasteiger partial charge in [0, 0.05) is 25.5 Å². The van der Waals surface area contributed by atoms with Crippen LogP contribution in [-0.2, 0) is 11.2 Å². The summed E-state index contributed by atoms with van der Waals surface area (Å²) in [5.41, 5.74) is 0.755. The van der Waals surface area contributed by atoms with E-state index in [2.05, 4.69) is 19.9 Å². The standard InChI is InChI=1S/C17H17F3N6O2/c18-17(19,20)5-11-8-26-13(6-23-15(26)7-22-11)16-21-2-1-14(24-16)25-3-4-28-12(9-25)10-27/h1-2,6-8,12,27H,3-5,9-10H2. The van der Waals surface area contributed by atoms with Crippen molar-refractivity contribution in [2.45, 2.75) is 18.7 Å². The highest BCUT2D eigenvalue weighted by atomic mass is 19.4. The summed E-state index contributed by atoms with van der Waals surface area (Å²) in [4.78, 5) is 18.7. The Kier molecular flexibility index (Phi) is 4.85. The lowest BCUT2D eigenvalue weighted by atomic mass is 10.3. The van der Waals surface area contributed by atoms with Gasteiger partial charge in [-0.25, -0.2) is 15.0 Å². The van der Waals surface area contributed by atoms with Gasteiger partial charge in [-0.15, -0.1) is 0 Å². The van der Waals surface area contributed by atoms with Gasteiger partial charge in [-0.1, -0.05) is 0 Å². The summed E-state index contributed by atoms with van der Waals surface area (Å²) in [7, 11) is 0. The highest BCUT2D eigenvalue weighted by Gasteiger charge is 2.29. The Labute approximate surface area is 157 Å². The highest BCUT2D eigenvalue weighted by Crippen LogP contribution is 2.23. The van der Waals surface area contributed by atoms with E-state index < -0.39 is 12.6 Å². The minimum absolute atomic E-state index is 0.0866. The Morgan fingerprint density at radius 3 is 2.86 bits per heavy atom. The van der Waals surface area contributed by atoms with E-state index in [-0.39, 0.29) is 18.4 Å². The summed E-state index contributed by atoms with van der Waals surface area (Å²) in [6.45, 7) is 1.48. The molecule has 4 rings (SSSR count). The SMILES string of the molecule is OCC1CN(c2ccnc(-c3cnc4cnc(CC(F)(F)F)cn34)n2)CCO1. The van der Waals surface area contributed by atoms with Crippen molar-refractivity contribution in [3.8, 4) is 11.5 Å². The Morgan fingerprint density at radius 2 is 2.07 bits per heavy atom. The smallest absolute Gasteiger partial charge is 0.394 e. The summed E-state index contributed by atoms with van der Waals surface area (Å²) >= 11 is 0. The molecule has 4 heterocycles. The van der Waals surface area contributed by atoms with Crippen molar-refractivity contribution in [2.24, 2.45) is 0 Å². The molecule has 0 aromatic carbocycles. The molecule has 0 aliphatic carbocycles. The van der Waals surface area contributed by atoms with E-state index in [0.29, 0.717) is 42.7 Å². The van der Waals surface area contributed by atoms with Gasteiger partial charge in [0.1, 0.15) is 11.5 Å². The first-order chi connectivity index (χ1) is 13.4. The number of morpholine rings is 1. The summed E-state index contributed by atoms with van der Waals surface area (Å²) in [6.07, 6.45) is -0.0875. The molecule has 28 heavy (non-hydrogen) atoms. The first-order valence-electron chi connectivity index (χ1n) is 8.62. The zero-order chi connectivity index (χ0) is 19.7. The fourth-order valence-electron chi connectivity index (χ4n) is 3.08. The molecule has 1 aliphatic rings. The van der Waals surface area contributed by atoms with Gasteiger partial charge in [-0.2, -0.15) is 13.2 Å². The third-order valence-corrected chi connectivity index (χ3v) is 4.37. The number of hydrogen-bond donors (Lipinski definition) is 1. The van der Waals surface area contributed by atoms with E-state index in [9.17, 15) is 18.3 Å². The van der Waals surface area contributed by atoms with Crippen LogP contribution in [0.1, 0.15) is 5.69 Å². The van der Waals surface area contributed by atoms with E-state index in [0.717, 1.165) is 0 Å². The molecule has 148 valence electrons. The van der Waals surface area contributed by atoms with E-state index in [1.165, 1.54) is 23.0 Å². The molecule has 1 aliphatic heterocycles. The summed E-state index contributed by atoms with van der Waals surface area (Å²) in [6, 6.07) is 1.74. The molecule has 1 atom stereocenters. The predicted octanol–water partition coefficient (Wildman–Crippen LogP) is 1.49. The third-order valence-electron chi connectivity index (χ3n) is 4.37. The quantitative estimate of drug-likeness (QED) is 0.717. The lowest BCUT2D eigenvalue weighted by Crippen LogP contribution is -2.44. The molecule has 0 amide bonds. The lowest BCUT2D eigenvalue weighted by molar-refractivity contribution is -0.127. The fourth-order valence-corrected chi connectivity index (χ4v) is 3.08. The number of hydrogen-bond acceptors (Lipinski definition) is 7. The number of imidazole rings is 1. The number of rotatable bonds is 4. The lowest BCUT2D eigenvalue weighted by Gasteiger charge is -2.32. The van der Waals surface area contributed by atoms with Gasteiger partial charge in [-0.05, 0) is 6.07 Å². The van der Waals surface area contributed by atoms with Crippen molar-refractivity contribution in [1.29, 1.82) is 0 Å². The van der Waals surface area contributed by atoms with E-state index in [1.54, 1.807) is 12.3 Å². The number of aromatic nitrogens is 5. The molecule has 1 saturated heterocycles. The molecular formula is C17H17F3N6O2. The minimum Gasteiger partial charge on any atom is -0.394 e. The minimum atomic E-state index is -4.35. The fraction of sp³-hybridized carbons (Fsp3) is 0.412. The number of alkyl halides is 3. The van der Waals surface area contributed by atoms with E-state index in [4.69, 9.17) is 4.74 Å². The number of aliphatic hydroxyl groups is 1. The average Bonchev–Trinajstić information content (AvgIpc) is 3.10. The molecule has 0 saturated carbocycles. The van der Waals surface area contributed by atoms with E-state index in [1.807, 2.05) is 4.90 Å². The molecule has 0 radical (unpaired) electrons. The Hall–Kier alpha value is -2.79. The second kappa shape index (κ2) is 7.32. The Bertz CT molecular complexity index is 977. The zero-order valence-corrected chi connectivity index (χ0v) is 14.7. The highest BCUT2D eigenvalue weighted by molar-refractivity contribution is 5.58. The van der Waals surface area contributed by atoms with Crippen LogP contribution < -0.4 is 4.90 Å². The van der Waals surface area contributed by atoms with Gasteiger partial charge in [-0.3, -0.25) is 9.38 Å². The molecular weight excluding hydrogens is 377 g/mol. The zero-order valence-electron chi connectivity index (χ0n) is 14.7. The van der Waals surface area contributed by atoms with Gasteiger partial charge in [0.15, 0.2) is 11.5 Å². The largest absolute Gasteiger partial charge is 0.394 e. The van der Waals surface area contributed by atoms with Crippen LogP contribution in [0.2, 0.25) is 0 Å². The van der Waals surface area contributed by atoms with Crippen LogP contribution in [0.5, 0.6) is 0 Å². The van der Waals surface area contributed by atoms with Crippen molar-refractivity contribution in [2.75, 3.05) is 31.2 Å². The molecule has 1 fully saturated rings. The second-order valence-corrected chi connectivity index (χ2v) is 6.40. The topological polar surface area (TPSA) is 88.7 Å². The number of aliphatic hydroxyl groups excluding tert-OH is 1. The van der Waals surface area contributed by atoms with Crippen LogP contribution in [0.15, 0.2) is 30.9 Å². The van der Waals surface area contributed by atoms with Gasteiger partial charge >= 0.3 is 6.18 Å². The van der Waals surface area contributed by atoms with Crippen LogP contribution in [0, 0.1) is 0 Å². The molecule has 1 unspecified atom stereocenters. The van der Waals surface area contributed by atoms with Crippen molar-refractivity contribution in [1.82, 2.24) is 24.3 Å². The number of ether oxygens (including phenoxy) is 1. The van der Waals surface area contributed by atoms with Crippen molar-refractivity contribution in [3.63, 3.8) is 0 Å². The van der Waals surface area contributed by atoms with Crippen molar-refractivity contribution >= 4 is 11.5 Å². The summed E-state index contributed by atoms with van der Waals surface area (Å²) in [5, 5.41) is 9.30. The normalized spacial score (nSPS) is 18.0. The maximum Gasteiger partial charge on any atom is 0.394 e. The number of nitrogens with zero attached hydrogens (tertiary/aromatic N) is 6. The molecule has 8 nitrogen and oxygen atoms in total. The van der Waals surface area contributed by atoms with Gasteiger partial charge in [0.05, 0.1) is 43.8 Å². The molecule has 3 aromatic heterocycles.